The summed E-state index contributed by atoms with van der Waals surface area (Å²) >= 11 is 1.78. The Hall–Kier alpha value is -7.41. The van der Waals surface area contributed by atoms with E-state index in [1.165, 1.54) is 37.3 Å². The van der Waals surface area contributed by atoms with Gasteiger partial charge in [0, 0.05) is 64.1 Å². The molecule has 0 unspecified atom stereocenters. The third-order valence-electron chi connectivity index (χ3n) is 11.1. The summed E-state index contributed by atoms with van der Waals surface area (Å²) in [5.74, 6) is 1.98. The Labute approximate surface area is 330 Å². The highest BCUT2D eigenvalue weighted by molar-refractivity contribution is 7.26. The first-order valence-corrected chi connectivity index (χ1v) is 19.8. The van der Waals surface area contributed by atoms with Gasteiger partial charge in [-0.3, -0.25) is 0 Å². The van der Waals surface area contributed by atoms with Gasteiger partial charge in [0.25, 0.3) is 0 Å². The van der Waals surface area contributed by atoms with E-state index in [4.69, 9.17) is 19.4 Å². The van der Waals surface area contributed by atoms with Crippen molar-refractivity contribution in [2.45, 2.75) is 0 Å². The summed E-state index contributed by atoms with van der Waals surface area (Å²) in [4.78, 5) is 15.0. The van der Waals surface area contributed by atoms with Crippen molar-refractivity contribution in [3.05, 3.63) is 182 Å². The Morgan fingerprint density at radius 3 is 1.68 bits per heavy atom. The number of hydrogen-bond acceptors (Lipinski definition) is 5. The van der Waals surface area contributed by atoms with Crippen LogP contribution < -0.4 is 0 Å². The van der Waals surface area contributed by atoms with E-state index in [1.807, 2.05) is 60.7 Å². The van der Waals surface area contributed by atoms with Gasteiger partial charge in [0.05, 0.1) is 11.0 Å². The fraction of sp³-hybridized carbons (Fsp3) is 0. The topological polar surface area (TPSA) is 56.7 Å². The normalized spacial score (nSPS) is 11.9. The van der Waals surface area contributed by atoms with Gasteiger partial charge in [-0.1, -0.05) is 127 Å². The molecule has 8 aromatic carbocycles. The third kappa shape index (κ3) is 5.12. The summed E-state index contributed by atoms with van der Waals surface area (Å²) < 4.78 is 11.2. The van der Waals surface area contributed by atoms with E-state index in [1.54, 1.807) is 11.3 Å². The van der Waals surface area contributed by atoms with Gasteiger partial charge in [0.1, 0.15) is 11.2 Å². The molecule has 0 aliphatic carbocycles. The molecule has 6 heteroatoms. The summed E-state index contributed by atoms with van der Waals surface area (Å²) in [5, 5.41) is 7.11. The number of nitrogens with zero attached hydrogens (tertiary/aromatic N) is 4. The van der Waals surface area contributed by atoms with Crippen molar-refractivity contribution in [2.24, 2.45) is 0 Å². The van der Waals surface area contributed by atoms with Crippen molar-refractivity contribution >= 4 is 75.3 Å². The second-order valence-corrected chi connectivity index (χ2v) is 15.4. The molecular formula is C51H30N4OS. The molecule has 0 bridgehead atoms. The van der Waals surface area contributed by atoms with Crippen LogP contribution in [0.5, 0.6) is 0 Å². The second kappa shape index (κ2) is 12.6. The number of thiophene rings is 1. The molecule has 4 heterocycles. The third-order valence-corrected chi connectivity index (χ3v) is 12.3. The van der Waals surface area contributed by atoms with Crippen LogP contribution >= 0.6 is 11.3 Å². The van der Waals surface area contributed by atoms with Gasteiger partial charge in [-0.05, 0) is 65.7 Å². The largest absolute Gasteiger partial charge is 0.456 e. The molecule has 57 heavy (non-hydrogen) atoms. The number of fused-ring (bicyclic) bond motifs is 9. The maximum atomic E-state index is 6.52. The minimum atomic E-state index is 0.656. The fourth-order valence-electron chi connectivity index (χ4n) is 8.37. The van der Waals surface area contributed by atoms with Crippen LogP contribution in [0.25, 0.3) is 115 Å². The van der Waals surface area contributed by atoms with Crippen molar-refractivity contribution in [3.63, 3.8) is 0 Å². The monoisotopic (exact) mass is 746 g/mol. The van der Waals surface area contributed by atoms with Crippen LogP contribution in [-0.4, -0.2) is 19.5 Å². The van der Waals surface area contributed by atoms with Crippen LogP contribution in [0.4, 0.5) is 0 Å². The lowest BCUT2D eigenvalue weighted by atomic mass is 10.0. The van der Waals surface area contributed by atoms with Crippen LogP contribution in [-0.2, 0) is 0 Å². The number of furan rings is 1. The summed E-state index contributed by atoms with van der Waals surface area (Å²) in [6, 6.07) is 63.8. The standard InChI is InChI=1S/C51H30N4OS/c1-3-12-31(13-4-1)49-52-50(32-14-5-2-6-15-32)54-51(53-49)41-19-11-18-40-39-26-23-34(29-47(39)57-48(40)41)33-22-25-38-42-30-35(24-27-45(42)56-46(38)28-33)55-43-20-9-7-16-36(43)37-17-8-10-21-44(37)55/h1-30H. The summed E-state index contributed by atoms with van der Waals surface area (Å²) in [7, 11) is 0. The van der Waals surface area contributed by atoms with Crippen LogP contribution in [0.2, 0.25) is 0 Å². The van der Waals surface area contributed by atoms with Crippen LogP contribution in [0.3, 0.4) is 0 Å². The minimum absolute atomic E-state index is 0.656. The first-order chi connectivity index (χ1) is 28.2. The van der Waals surface area contributed by atoms with Gasteiger partial charge in [0.2, 0.25) is 0 Å². The quantitative estimate of drug-likeness (QED) is 0.176. The predicted molar refractivity (Wildman–Crippen MR) is 236 cm³/mol. The van der Waals surface area contributed by atoms with E-state index < -0.39 is 0 Å². The minimum Gasteiger partial charge on any atom is -0.456 e. The van der Waals surface area contributed by atoms with E-state index in [-0.39, 0.29) is 0 Å². The molecule has 266 valence electrons. The molecule has 0 fully saturated rings. The first-order valence-electron chi connectivity index (χ1n) is 19.0. The first kappa shape index (κ1) is 31.9. The lowest BCUT2D eigenvalue weighted by Crippen LogP contribution is -2.00. The predicted octanol–water partition coefficient (Wildman–Crippen LogP) is 13.9. The Bertz CT molecular complexity index is 3420. The molecule has 0 atom stereocenters. The highest BCUT2D eigenvalue weighted by Gasteiger charge is 2.18. The van der Waals surface area contributed by atoms with Crippen LogP contribution in [0, 0.1) is 0 Å². The van der Waals surface area contributed by atoms with Gasteiger partial charge in [-0.2, -0.15) is 0 Å². The molecule has 0 radical (unpaired) electrons. The zero-order valence-corrected chi connectivity index (χ0v) is 31.2. The smallest absolute Gasteiger partial charge is 0.165 e. The zero-order valence-electron chi connectivity index (χ0n) is 30.4. The van der Waals surface area contributed by atoms with E-state index in [9.17, 15) is 0 Å². The van der Waals surface area contributed by atoms with Gasteiger partial charge in [0.15, 0.2) is 17.5 Å². The molecule has 0 N–H and O–H groups in total. The van der Waals surface area contributed by atoms with Crippen LogP contribution in [0.15, 0.2) is 186 Å². The van der Waals surface area contributed by atoms with Gasteiger partial charge in [-0.25, -0.2) is 15.0 Å². The Morgan fingerprint density at radius 2 is 0.982 bits per heavy atom. The average Bonchev–Trinajstić information content (AvgIpc) is 3.95. The van der Waals surface area contributed by atoms with Gasteiger partial charge in [-0.15, -0.1) is 11.3 Å². The summed E-state index contributed by atoms with van der Waals surface area (Å²) in [6.45, 7) is 0. The highest BCUT2D eigenvalue weighted by atomic mass is 32.1. The summed E-state index contributed by atoms with van der Waals surface area (Å²) in [5.41, 5.74) is 10.4. The molecule has 0 spiro atoms. The van der Waals surface area contributed by atoms with E-state index >= 15 is 0 Å². The lowest BCUT2D eigenvalue weighted by Gasteiger charge is -2.09. The van der Waals surface area contributed by atoms with Gasteiger partial charge < -0.3 is 8.98 Å². The molecule has 0 aliphatic rings. The Balaban J connectivity index is 0.952. The highest BCUT2D eigenvalue weighted by Crippen LogP contribution is 2.42. The number of aromatic nitrogens is 4. The molecule has 0 saturated carbocycles. The number of para-hydroxylation sites is 2. The molecule has 12 aromatic rings. The lowest BCUT2D eigenvalue weighted by molar-refractivity contribution is 0.669. The number of benzene rings is 8. The number of hydrogen-bond donors (Lipinski definition) is 0. The maximum Gasteiger partial charge on any atom is 0.165 e. The van der Waals surface area contributed by atoms with Crippen molar-refractivity contribution in [1.82, 2.24) is 19.5 Å². The van der Waals surface area contributed by atoms with E-state index in [0.717, 1.165) is 60.1 Å². The Kier molecular flexibility index (Phi) is 7.03. The molecule has 4 aromatic heterocycles. The zero-order chi connectivity index (χ0) is 37.5. The molecule has 0 amide bonds. The average molecular weight is 747 g/mol. The second-order valence-electron chi connectivity index (χ2n) is 14.4. The molecular weight excluding hydrogens is 717 g/mol. The van der Waals surface area contributed by atoms with E-state index in [2.05, 4.69) is 126 Å². The molecule has 0 saturated heterocycles. The van der Waals surface area contributed by atoms with Crippen LogP contribution in [0.1, 0.15) is 0 Å². The fourth-order valence-corrected chi connectivity index (χ4v) is 9.62. The molecule has 5 nitrogen and oxygen atoms in total. The van der Waals surface area contributed by atoms with Crippen molar-refractivity contribution in [1.29, 1.82) is 0 Å². The van der Waals surface area contributed by atoms with Crippen molar-refractivity contribution in [3.8, 4) is 51.0 Å². The summed E-state index contributed by atoms with van der Waals surface area (Å²) in [6.07, 6.45) is 0. The number of rotatable bonds is 5. The van der Waals surface area contributed by atoms with Crippen molar-refractivity contribution in [2.75, 3.05) is 0 Å². The maximum absolute atomic E-state index is 6.52. The SMILES string of the molecule is c1ccc(-c2nc(-c3ccccc3)nc(-c3cccc4c3sc3cc(-c5ccc6c(c5)oc5ccc(-n7c8ccccc8c8ccccc87)cc56)ccc34)n2)cc1. The molecule has 0 aliphatic heterocycles. The van der Waals surface area contributed by atoms with E-state index in [0.29, 0.717) is 17.5 Å². The molecule has 12 rings (SSSR count). The Morgan fingerprint density at radius 1 is 0.386 bits per heavy atom. The van der Waals surface area contributed by atoms with Crippen molar-refractivity contribution < 1.29 is 4.42 Å². The van der Waals surface area contributed by atoms with Gasteiger partial charge >= 0.3 is 0 Å².